The summed E-state index contributed by atoms with van der Waals surface area (Å²) in [6, 6.07) is 4.48. The molecular formula is C11H11FN4O3S. The number of halogens is 1. The SMILES string of the molecule is Cc1c(F)cc(N)cc1S(=O)(=O)Nc1ccc(=O)[nH]n1. The predicted molar refractivity (Wildman–Crippen MR) is 71.2 cm³/mol. The van der Waals surface area contributed by atoms with Gasteiger partial charge >= 0.3 is 0 Å². The topological polar surface area (TPSA) is 118 Å². The average molecular weight is 298 g/mol. The molecule has 0 amide bonds. The third-order valence-electron chi connectivity index (χ3n) is 2.53. The Kier molecular flexibility index (Phi) is 3.45. The van der Waals surface area contributed by atoms with Crippen LogP contribution in [0.1, 0.15) is 5.56 Å². The van der Waals surface area contributed by atoms with Gasteiger partial charge in [0.15, 0.2) is 5.82 Å². The van der Waals surface area contributed by atoms with Crippen LogP contribution in [0, 0.1) is 12.7 Å². The van der Waals surface area contributed by atoms with Gasteiger partial charge in [-0.3, -0.25) is 9.52 Å². The zero-order valence-corrected chi connectivity index (χ0v) is 11.2. The first-order chi connectivity index (χ1) is 9.29. The molecule has 0 saturated carbocycles. The molecule has 9 heteroatoms. The van der Waals surface area contributed by atoms with Crippen molar-refractivity contribution in [1.82, 2.24) is 10.2 Å². The van der Waals surface area contributed by atoms with Crippen molar-refractivity contribution in [2.75, 3.05) is 10.5 Å². The number of rotatable bonds is 3. The minimum atomic E-state index is -4.06. The number of anilines is 2. The maximum Gasteiger partial charge on any atom is 0.264 e. The van der Waals surface area contributed by atoms with Crippen LogP contribution in [0.2, 0.25) is 0 Å². The highest BCUT2D eigenvalue weighted by molar-refractivity contribution is 7.92. The molecule has 1 aromatic heterocycles. The zero-order chi connectivity index (χ0) is 14.9. The second-order valence-electron chi connectivity index (χ2n) is 4.04. The van der Waals surface area contributed by atoms with Crippen LogP contribution < -0.4 is 16.0 Å². The summed E-state index contributed by atoms with van der Waals surface area (Å²) in [7, 11) is -4.06. The van der Waals surface area contributed by atoms with Gasteiger partial charge in [-0.2, -0.15) is 5.10 Å². The Morgan fingerprint density at radius 1 is 1.35 bits per heavy atom. The van der Waals surface area contributed by atoms with Crippen LogP contribution in [-0.4, -0.2) is 18.6 Å². The van der Waals surface area contributed by atoms with E-state index in [9.17, 15) is 17.6 Å². The van der Waals surface area contributed by atoms with E-state index in [2.05, 4.69) is 14.9 Å². The van der Waals surface area contributed by atoms with Crippen molar-refractivity contribution in [2.45, 2.75) is 11.8 Å². The summed E-state index contributed by atoms with van der Waals surface area (Å²) in [4.78, 5) is 10.6. The molecule has 0 bridgehead atoms. The van der Waals surface area contributed by atoms with Gasteiger partial charge in [-0.15, -0.1) is 0 Å². The minimum absolute atomic E-state index is 0.0112. The number of nitrogens with two attached hydrogens (primary N) is 1. The number of H-pyrrole nitrogens is 1. The smallest absolute Gasteiger partial charge is 0.264 e. The van der Waals surface area contributed by atoms with Crippen LogP contribution in [-0.2, 0) is 10.0 Å². The van der Waals surface area contributed by atoms with Crippen LogP contribution in [0.25, 0.3) is 0 Å². The molecule has 0 aliphatic carbocycles. The summed E-state index contributed by atoms with van der Waals surface area (Å²) in [6.45, 7) is 1.32. The number of benzene rings is 1. The maximum atomic E-state index is 13.5. The molecule has 20 heavy (non-hydrogen) atoms. The number of aromatic amines is 1. The number of nitrogens with one attached hydrogen (secondary N) is 2. The predicted octanol–water partition coefficient (Wildman–Crippen LogP) is 0.600. The maximum absolute atomic E-state index is 13.5. The van der Waals surface area contributed by atoms with Gasteiger partial charge in [0, 0.05) is 17.3 Å². The molecule has 2 aromatic rings. The number of nitrogens with zero attached hydrogens (tertiary/aromatic N) is 1. The number of hydrogen-bond donors (Lipinski definition) is 3. The molecular weight excluding hydrogens is 287 g/mol. The third kappa shape index (κ3) is 2.77. The Balaban J connectivity index is 2.45. The van der Waals surface area contributed by atoms with Gasteiger partial charge < -0.3 is 5.73 Å². The molecule has 7 nitrogen and oxygen atoms in total. The number of sulfonamides is 1. The summed E-state index contributed by atoms with van der Waals surface area (Å²) in [5, 5.41) is 5.59. The van der Waals surface area contributed by atoms with Crippen LogP contribution >= 0.6 is 0 Å². The molecule has 0 radical (unpaired) electrons. The van der Waals surface area contributed by atoms with E-state index in [4.69, 9.17) is 5.73 Å². The van der Waals surface area contributed by atoms with Crippen LogP contribution in [0.4, 0.5) is 15.9 Å². The second-order valence-corrected chi connectivity index (χ2v) is 5.69. The van der Waals surface area contributed by atoms with E-state index in [0.29, 0.717) is 0 Å². The van der Waals surface area contributed by atoms with Gasteiger partial charge in [0.2, 0.25) is 0 Å². The lowest BCUT2D eigenvalue weighted by Crippen LogP contribution is -2.18. The van der Waals surface area contributed by atoms with Crippen LogP contribution in [0.3, 0.4) is 0 Å². The van der Waals surface area contributed by atoms with Gasteiger partial charge in [0.25, 0.3) is 15.6 Å². The van der Waals surface area contributed by atoms with E-state index in [1.54, 1.807) is 0 Å². The van der Waals surface area contributed by atoms with Crippen molar-refractivity contribution in [1.29, 1.82) is 0 Å². The number of hydrogen-bond acceptors (Lipinski definition) is 5. The Labute approximate surface area is 113 Å². The first-order valence-corrected chi connectivity index (χ1v) is 6.92. The fourth-order valence-electron chi connectivity index (χ4n) is 1.55. The van der Waals surface area contributed by atoms with Gasteiger partial charge in [-0.1, -0.05) is 0 Å². The van der Waals surface area contributed by atoms with Gasteiger partial charge in [0.05, 0.1) is 4.90 Å². The summed E-state index contributed by atoms with van der Waals surface area (Å²) in [5.41, 5.74) is 4.90. The molecule has 1 aromatic carbocycles. The monoisotopic (exact) mass is 298 g/mol. The first-order valence-electron chi connectivity index (χ1n) is 5.44. The number of aromatic nitrogens is 2. The molecule has 2 rings (SSSR count). The number of nitrogen functional groups attached to an aromatic ring is 1. The molecule has 0 spiro atoms. The lowest BCUT2D eigenvalue weighted by Gasteiger charge is -2.10. The molecule has 0 aliphatic heterocycles. The molecule has 0 unspecified atom stereocenters. The standard InChI is InChI=1S/C11H11FN4O3S/c1-6-8(12)4-7(13)5-9(6)20(18,19)16-10-2-3-11(17)15-14-10/h2-5H,13H2,1H3,(H,14,16)(H,15,17). The largest absolute Gasteiger partial charge is 0.399 e. The van der Waals surface area contributed by atoms with Crippen molar-refractivity contribution >= 4 is 21.5 Å². The highest BCUT2D eigenvalue weighted by Gasteiger charge is 2.20. The first kappa shape index (κ1) is 14.0. The lowest BCUT2D eigenvalue weighted by molar-refractivity contribution is 0.591. The van der Waals surface area contributed by atoms with E-state index in [0.717, 1.165) is 18.2 Å². The quantitative estimate of drug-likeness (QED) is 0.717. The minimum Gasteiger partial charge on any atom is -0.399 e. The van der Waals surface area contributed by atoms with Gasteiger partial charge in [-0.05, 0) is 25.1 Å². The summed E-state index contributed by atoms with van der Waals surface area (Å²) in [5.74, 6) is -0.813. The van der Waals surface area contributed by atoms with Gasteiger partial charge in [-0.25, -0.2) is 17.9 Å². The Hall–Kier alpha value is -2.42. The average Bonchev–Trinajstić information content (AvgIpc) is 2.36. The van der Waals surface area contributed by atoms with E-state index < -0.39 is 21.4 Å². The second kappa shape index (κ2) is 4.93. The summed E-state index contributed by atoms with van der Waals surface area (Å²) >= 11 is 0. The van der Waals surface area contributed by atoms with Crippen LogP contribution in [0.15, 0.2) is 34.0 Å². The highest BCUT2D eigenvalue weighted by Crippen LogP contribution is 2.23. The fourth-order valence-corrected chi connectivity index (χ4v) is 2.84. The molecule has 0 fully saturated rings. The Morgan fingerprint density at radius 3 is 2.65 bits per heavy atom. The van der Waals surface area contributed by atoms with E-state index in [1.165, 1.54) is 13.0 Å². The van der Waals surface area contributed by atoms with E-state index in [1.807, 2.05) is 0 Å². The van der Waals surface area contributed by atoms with Crippen molar-refractivity contribution in [3.05, 3.63) is 46.0 Å². The molecule has 0 aliphatic rings. The third-order valence-corrected chi connectivity index (χ3v) is 4.01. The molecule has 106 valence electrons. The molecule has 1 heterocycles. The normalized spacial score (nSPS) is 11.3. The highest BCUT2D eigenvalue weighted by atomic mass is 32.2. The molecule has 0 atom stereocenters. The summed E-state index contributed by atoms with van der Waals surface area (Å²) < 4.78 is 39.9. The van der Waals surface area contributed by atoms with Crippen molar-refractivity contribution < 1.29 is 12.8 Å². The molecule has 4 N–H and O–H groups in total. The van der Waals surface area contributed by atoms with E-state index in [-0.39, 0.29) is 22.0 Å². The zero-order valence-electron chi connectivity index (χ0n) is 10.3. The van der Waals surface area contributed by atoms with Crippen molar-refractivity contribution in [2.24, 2.45) is 0 Å². The van der Waals surface area contributed by atoms with Crippen LogP contribution in [0.5, 0.6) is 0 Å². The Morgan fingerprint density at radius 2 is 2.05 bits per heavy atom. The fraction of sp³-hybridized carbons (Fsp3) is 0.0909. The lowest BCUT2D eigenvalue weighted by atomic mass is 10.2. The summed E-state index contributed by atoms with van der Waals surface area (Å²) in [6.07, 6.45) is 0. The van der Waals surface area contributed by atoms with Crippen molar-refractivity contribution in [3.8, 4) is 0 Å². The molecule has 0 saturated heterocycles. The van der Waals surface area contributed by atoms with Crippen molar-refractivity contribution in [3.63, 3.8) is 0 Å². The van der Waals surface area contributed by atoms with E-state index >= 15 is 0 Å². The van der Waals surface area contributed by atoms with Gasteiger partial charge in [0.1, 0.15) is 5.82 Å². The Bertz CT molecular complexity index is 796.